The van der Waals surface area contributed by atoms with Crippen LogP contribution in [0.1, 0.15) is 12.8 Å². The molecule has 2 heterocycles. The van der Waals surface area contributed by atoms with Gasteiger partial charge >= 0.3 is 16.2 Å². The van der Waals surface area contributed by atoms with Gasteiger partial charge in [0.15, 0.2) is 11.6 Å². The number of rotatable bonds is 11. The van der Waals surface area contributed by atoms with Crippen LogP contribution < -0.4 is 18.9 Å². The van der Waals surface area contributed by atoms with Crippen LogP contribution in [0.3, 0.4) is 0 Å². The summed E-state index contributed by atoms with van der Waals surface area (Å²) in [5.74, 6) is 0.794. The van der Waals surface area contributed by atoms with Crippen LogP contribution in [0.15, 0.2) is 43.0 Å². The molecule has 0 atom stereocenters. The zero-order valence-corrected chi connectivity index (χ0v) is 20.1. The molecule has 4 rings (SSSR count). The maximum absolute atomic E-state index is 12.8. The number of anilines is 1. The van der Waals surface area contributed by atoms with Gasteiger partial charge in [-0.1, -0.05) is 23.7 Å². The van der Waals surface area contributed by atoms with E-state index < -0.39 is 10.2 Å². The zero-order valence-electron chi connectivity index (χ0n) is 18.5. The lowest BCUT2D eigenvalue weighted by atomic mass is 10.1. The summed E-state index contributed by atoms with van der Waals surface area (Å²) in [6, 6.07) is 7.00. The fourth-order valence-corrected chi connectivity index (χ4v) is 4.29. The number of ether oxygens (including phenoxy) is 3. The summed E-state index contributed by atoms with van der Waals surface area (Å²) in [5, 5.41) is 0.534. The summed E-state index contributed by atoms with van der Waals surface area (Å²) in [5.41, 5.74) is 1.01. The first-order chi connectivity index (χ1) is 16.4. The molecule has 0 bridgehead atoms. The van der Waals surface area contributed by atoms with Crippen molar-refractivity contribution < 1.29 is 22.6 Å². The van der Waals surface area contributed by atoms with Crippen LogP contribution in [-0.2, 0) is 10.2 Å². The van der Waals surface area contributed by atoms with Gasteiger partial charge in [0.05, 0.1) is 25.1 Å². The molecular formula is C21H23ClN6O5S. The highest BCUT2D eigenvalue weighted by Crippen LogP contribution is 2.36. The van der Waals surface area contributed by atoms with Crippen molar-refractivity contribution in [2.45, 2.75) is 18.9 Å². The molecule has 11 nitrogen and oxygen atoms in total. The summed E-state index contributed by atoms with van der Waals surface area (Å²) in [7, 11) is -0.752. The molecular weight excluding hydrogens is 484 g/mol. The number of aromatic nitrogens is 4. The lowest BCUT2D eigenvalue weighted by molar-refractivity contribution is 0.201. The maximum Gasteiger partial charge on any atom is 0.316 e. The summed E-state index contributed by atoms with van der Waals surface area (Å²) < 4.78 is 45.9. The molecule has 1 aliphatic rings. The Hall–Kier alpha value is -3.22. The van der Waals surface area contributed by atoms with E-state index in [9.17, 15) is 8.42 Å². The van der Waals surface area contributed by atoms with Crippen molar-refractivity contribution in [1.82, 2.24) is 24.2 Å². The average Bonchev–Trinajstić information content (AvgIpc) is 3.68. The molecule has 0 saturated heterocycles. The van der Waals surface area contributed by atoms with Gasteiger partial charge in [0.1, 0.15) is 19.5 Å². The van der Waals surface area contributed by atoms with Crippen LogP contribution in [0.25, 0.3) is 11.1 Å². The van der Waals surface area contributed by atoms with Crippen LogP contribution in [0.5, 0.6) is 17.6 Å². The van der Waals surface area contributed by atoms with E-state index in [-0.39, 0.29) is 37.0 Å². The molecule has 0 spiro atoms. The van der Waals surface area contributed by atoms with Crippen molar-refractivity contribution in [3.63, 3.8) is 0 Å². The van der Waals surface area contributed by atoms with Gasteiger partial charge in [-0.25, -0.2) is 9.97 Å². The minimum absolute atomic E-state index is 0.00800. The minimum atomic E-state index is -3.81. The topological polar surface area (TPSA) is 129 Å². The predicted molar refractivity (Wildman–Crippen MR) is 125 cm³/mol. The first-order valence-electron chi connectivity index (χ1n) is 10.4. The third kappa shape index (κ3) is 5.82. The monoisotopic (exact) mass is 506 g/mol. The molecule has 3 aromatic rings. The van der Waals surface area contributed by atoms with E-state index in [0.29, 0.717) is 21.9 Å². The fourth-order valence-electron chi connectivity index (χ4n) is 3.02. The molecule has 1 fully saturated rings. The van der Waals surface area contributed by atoms with Gasteiger partial charge in [-0.15, -0.1) is 0 Å². The molecule has 0 unspecified atom stereocenters. The highest BCUT2D eigenvalue weighted by atomic mass is 35.5. The van der Waals surface area contributed by atoms with Crippen molar-refractivity contribution in [2.75, 3.05) is 32.1 Å². The molecule has 0 aliphatic heterocycles. The minimum Gasteiger partial charge on any atom is -0.494 e. The van der Waals surface area contributed by atoms with Crippen LogP contribution in [-0.4, -0.2) is 66.1 Å². The van der Waals surface area contributed by atoms with Gasteiger partial charge < -0.3 is 14.2 Å². The van der Waals surface area contributed by atoms with Crippen LogP contribution in [0.4, 0.5) is 5.82 Å². The highest BCUT2D eigenvalue weighted by molar-refractivity contribution is 7.90. The van der Waals surface area contributed by atoms with Crippen LogP contribution in [0.2, 0.25) is 5.02 Å². The first kappa shape index (κ1) is 23.9. The van der Waals surface area contributed by atoms with Gasteiger partial charge in [0.2, 0.25) is 5.88 Å². The molecule has 1 saturated carbocycles. The highest BCUT2D eigenvalue weighted by Gasteiger charge is 2.35. The molecule has 180 valence electrons. The molecule has 13 heteroatoms. The Morgan fingerprint density at radius 2 is 1.74 bits per heavy atom. The number of methoxy groups -OCH3 is 1. The van der Waals surface area contributed by atoms with Crippen molar-refractivity contribution in [3.05, 3.63) is 48.0 Å². The van der Waals surface area contributed by atoms with Crippen molar-refractivity contribution >= 4 is 27.6 Å². The standard InChI is InChI=1S/C21H23ClN6O5S/c1-28(16-7-8-16)34(29,30)27-19-18(14-3-5-15(22)6-4-14)20(26-13-25-19)32-9-10-33-21-23-11-17(31-2)12-24-21/h3-6,11-13,16H,7-10H2,1-2H3,(H,25,26,27). The number of hydrogen-bond donors (Lipinski definition) is 1. The Bertz CT molecular complexity index is 1220. The Balaban J connectivity index is 1.53. The normalized spacial score (nSPS) is 13.5. The Kier molecular flexibility index (Phi) is 7.29. The van der Waals surface area contributed by atoms with E-state index in [4.69, 9.17) is 25.8 Å². The second-order valence-electron chi connectivity index (χ2n) is 7.37. The Morgan fingerprint density at radius 3 is 2.38 bits per heavy atom. The SMILES string of the molecule is COc1cnc(OCCOc2ncnc(NS(=O)(=O)N(C)C3CC3)c2-c2ccc(Cl)cc2)nc1. The average molecular weight is 507 g/mol. The molecule has 1 aromatic carbocycles. The summed E-state index contributed by atoms with van der Waals surface area (Å²) in [6.45, 7) is 0.225. The van der Waals surface area contributed by atoms with Crippen LogP contribution in [0, 0.1) is 0 Å². The van der Waals surface area contributed by atoms with Gasteiger partial charge in [-0.3, -0.25) is 4.72 Å². The third-order valence-corrected chi connectivity index (χ3v) is 6.76. The molecule has 1 N–H and O–H groups in total. The lowest BCUT2D eigenvalue weighted by Gasteiger charge is -2.19. The van der Waals surface area contributed by atoms with Gasteiger partial charge in [-0.2, -0.15) is 22.7 Å². The second-order valence-corrected chi connectivity index (χ2v) is 9.53. The molecule has 1 aliphatic carbocycles. The van der Waals surface area contributed by atoms with Gasteiger partial charge in [-0.05, 0) is 30.5 Å². The maximum atomic E-state index is 12.8. The lowest BCUT2D eigenvalue weighted by Crippen LogP contribution is -2.34. The first-order valence-corrected chi connectivity index (χ1v) is 12.2. The van der Waals surface area contributed by atoms with Crippen LogP contribution >= 0.6 is 11.6 Å². The smallest absolute Gasteiger partial charge is 0.316 e. The molecule has 0 radical (unpaired) electrons. The van der Waals surface area contributed by atoms with E-state index in [0.717, 1.165) is 12.8 Å². The van der Waals surface area contributed by atoms with E-state index >= 15 is 0 Å². The largest absolute Gasteiger partial charge is 0.494 e. The number of nitrogens with one attached hydrogen (secondary N) is 1. The summed E-state index contributed by atoms with van der Waals surface area (Å²) >= 11 is 6.03. The fraction of sp³-hybridized carbons (Fsp3) is 0.333. The number of benzene rings is 1. The summed E-state index contributed by atoms with van der Waals surface area (Å²) in [4.78, 5) is 16.4. The van der Waals surface area contributed by atoms with E-state index in [1.54, 1.807) is 31.3 Å². The number of halogens is 1. The molecule has 34 heavy (non-hydrogen) atoms. The number of nitrogens with zero attached hydrogens (tertiary/aromatic N) is 5. The second kappa shape index (κ2) is 10.4. The van der Waals surface area contributed by atoms with Gasteiger partial charge in [0, 0.05) is 18.1 Å². The van der Waals surface area contributed by atoms with E-state index in [2.05, 4.69) is 24.7 Å². The quantitative estimate of drug-likeness (QED) is 0.390. The Morgan fingerprint density at radius 1 is 1.06 bits per heavy atom. The third-order valence-electron chi connectivity index (χ3n) is 5.00. The molecule has 0 amide bonds. The number of hydrogen-bond acceptors (Lipinski definition) is 9. The predicted octanol–water partition coefficient (Wildman–Crippen LogP) is 2.80. The van der Waals surface area contributed by atoms with Crippen molar-refractivity contribution in [3.8, 4) is 28.8 Å². The van der Waals surface area contributed by atoms with Crippen molar-refractivity contribution in [2.24, 2.45) is 0 Å². The van der Waals surface area contributed by atoms with E-state index in [1.165, 1.54) is 30.1 Å². The zero-order chi connectivity index (χ0) is 24.1. The Labute approximate surface area is 202 Å². The van der Waals surface area contributed by atoms with E-state index in [1.807, 2.05) is 0 Å². The molecule has 2 aromatic heterocycles. The van der Waals surface area contributed by atoms with Gasteiger partial charge in [0.25, 0.3) is 0 Å². The van der Waals surface area contributed by atoms with Crippen molar-refractivity contribution in [1.29, 1.82) is 0 Å². The summed E-state index contributed by atoms with van der Waals surface area (Å²) in [6.07, 6.45) is 5.87.